The lowest BCUT2D eigenvalue weighted by Gasteiger charge is -2.31. The number of hydrogen-bond donors (Lipinski definition) is 1. The molecule has 2 fully saturated rings. The Labute approximate surface area is 103 Å². The summed E-state index contributed by atoms with van der Waals surface area (Å²) in [5, 5.41) is 0. The number of hydrogen-bond acceptors (Lipinski definition) is 3. The normalized spacial score (nSPS) is 29.3. The Kier molecular flexibility index (Phi) is 2.87. The summed E-state index contributed by atoms with van der Waals surface area (Å²) in [7, 11) is 0. The molecule has 3 heteroatoms. The van der Waals surface area contributed by atoms with Gasteiger partial charge in [-0.1, -0.05) is 12.8 Å². The number of rotatable bonds is 2. The number of nitrogens with two attached hydrogens (primary N) is 1. The standard InChI is InChI=1S/C14H21N3/c1-9-6-13(10-4-2-3-5-10)17-14(16-9)11-7-12(15)8-11/h6,10-12H,2-5,7-8,15H2,1H3. The Balaban J connectivity index is 1.84. The molecule has 1 aromatic rings. The monoisotopic (exact) mass is 231 g/mol. The number of aryl methyl sites for hydroxylation is 1. The van der Waals surface area contributed by atoms with Crippen LogP contribution in [0.4, 0.5) is 0 Å². The van der Waals surface area contributed by atoms with E-state index in [1.807, 2.05) is 0 Å². The van der Waals surface area contributed by atoms with Gasteiger partial charge in [-0.2, -0.15) is 0 Å². The third-order valence-electron chi connectivity index (χ3n) is 4.20. The molecule has 92 valence electrons. The topological polar surface area (TPSA) is 51.8 Å². The van der Waals surface area contributed by atoms with E-state index < -0.39 is 0 Å². The Morgan fingerprint density at radius 1 is 1.12 bits per heavy atom. The van der Waals surface area contributed by atoms with E-state index in [9.17, 15) is 0 Å². The van der Waals surface area contributed by atoms with Crippen molar-refractivity contribution in [2.45, 2.75) is 63.3 Å². The summed E-state index contributed by atoms with van der Waals surface area (Å²) >= 11 is 0. The SMILES string of the molecule is Cc1cc(C2CCCC2)nc(C2CC(N)C2)n1. The highest BCUT2D eigenvalue weighted by Gasteiger charge is 2.30. The van der Waals surface area contributed by atoms with Gasteiger partial charge in [-0.3, -0.25) is 0 Å². The molecular weight excluding hydrogens is 210 g/mol. The van der Waals surface area contributed by atoms with Crippen LogP contribution in [0.1, 0.15) is 67.6 Å². The molecule has 2 saturated carbocycles. The molecule has 0 aliphatic heterocycles. The van der Waals surface area contributed by atoms with Crippen molar-refractivity contribution in [3.63, 3.8) is 0 Å². The van der Waals surface area contributed by atoms with Crippen molar-refractivity contribution in [1.29, 1.82) is 0 Å². The maximum Gasteiger partial charge on any atom is 0.132 e. The molecule has 0 spiro atoms. The average molecular weight is 231 g/mol. The quantitative estimate of drug-likeness (QED) is 0.851. The van der Waals surface area contributed by atoms with E-state index in [2.05, 4.69) is 18.0 Å². The molecule has 17 heavy (non-hydrogen) atoms. The minimum atomic E-state index is 0.374. The van der Waals surface area contributed by atoms with Crippen LogP contribution in [0.3, 0.4) is 0 Å². The molecule has 2 aliphatic carbocycles. The summed E-state index contributed by atoms with van der Waals surface area (Å²) in [5.41, 5.74) is 8.25. The van der Waals surface area contributed by atoms with Gasteiger partial charge in [-0.15, -0.1) is 0 Å². The summed E-state index contributed by atoms with van der Waals surface area (Å²) in [6.07, 6.45) is 7.45. The number of aromatic nitrogens is 2. The van der Waals surface area contributed by atoms with Gasteiger partial charge in [0.1, 0.15) is 5.82 Å². The minimum absolute atomic E-state index is 0.374. The Morgan fingerprint density at radius 3 is 2.47 bits per heavy atom. The van der Waals surface area contributed by atoms with Crippen molar-refractivity contribution in [2.24, 2.45) is 5.73 Å². The van der Waals surface area contributed by atoms with Crippen molar-refractivity contribution in [3.05, 3.63) is 23.3 Å². The van der Waals surface area contributed by atoms with E-state index in [1.54, 1.807) is 0 Å². The highest BCUT2D eigenvalue weighted by Crippen LogP contribution is 2.37. The fourth-order valence-corrected chi connectivity index (χ4v) is 3.10. The minimum Gasteiger partial charge on any atom is -0.328 e. The molecule has 2 N–H and O–H groups in total. The van der Waals surface area contributed by atoms with Crippen LogP contribution in [-0.2, 0) is 0 Å². The zero-order valence-corrected chi connectivity index (χ0v) is 10.5. The molecule has 2 aliphatic rings. The first-order chi connectivity index (χ1) is 8.22. The molecule has 0 unspecified atom stereocenters. The van der Waals surface area contributed by atoms with E-state index in [-0.39, 0.29) is 0 Å². The van der Waals surface area contributed by atoms with E-state index in [4.69, 9.17) is 10.7 Å². The lowest BCUT2D eigenvalue weighted by Crippen LogP contribution is -2.35. The van der Waals surface area contributed by atoms with Crippen LogP contribution in [-0.4, -0.2) is 16.0 Å². The second-order valence-electron chi connectivity index (χ2n) is 5.70. The van der Waals surface area contributed by atoms with Gasteiger partial charge in [0.25, 0.3) is 0 Å². The molecule has 1 aromatic heterocycles. The third-order valence-corrected chi connectivity index (χ3v) is 4.20. The van der Waals surface area contributed by atoms with Crippen LogP contribution in [0, 0.1) is 6.92 Å². The summed E-state index contributed by atoms with van der Waals surface area (Å²) in [4.78, 5) is 9.40. The zero-order valence-electron chi connectivity index (χ0n) is 10.5. The maximum atomic E-state index is 5.85. The van der Waals surface area contributed by atoms with E-state index in [0.29, 0.717) is 17.9 Å². The summed E-state index contributed by atoms with van der Waals surface area (Å²) in [6.45, 7) is 2.09. The first-order valence-electron chi connectivity index (χ1n) is 6.83. The van der Waals surface area contributed by atoms with Gasteiger partial charge in [-0.25, -0.2) is 9.97 Å². The van der Waals surface area contributed by atoms with Gasteiger partial charge in [0.15, 0.2) is 0 Å². The fourth-order valence-electron chi connectivity index (χ4n) is 3.10. The van der Waals surface area contributed by atoms with Crippen molar-refractivity contribution in [1.82, 2.24) is 9.97 Å². The highest BCUT2D eigenvalue weighted by atomic mass is 14.9. The van der Waals surface area contributed by atoms with Gasteiger partial charge >= 0.3 is 0 Å². The lowest BCUT2D eigenvalue weighted by atomic mass is 9.80. The lowest BCUT2D eigenvalue weighted by molar-refractivity contribution is 0.336. The van der Waals surface area contributed by atoms with Crippen molar-refractivity contribution < 1.29 is 0 Å². The predicted molar refractivity (Wildman–Crippen MR) is 67.9 cm³/mol. The zero-order chi connectivity index (χ0) is 11.8. The summed E-state index contributed by atoms with van der Waals surface area (Å²) in [5.74, 6) is 2.25. The van der Waals surface area contributed by atoms with E-state index >= 15 is 0 Å². The predicted octanol–water partition coefficient (Wildman–Crippen LogP) is 2.65. The number of nitrogens with zero attached hydrogens (tertiary/aromatic N) is 2. The molecule has 0 saturated heterocycles. The molecule has 0 bridgehead atoms. The van der Waals surface area contributed by atoms with Crippen LogP contribution < -0.4 is 5.73 Å². The van der Waals surface area contributed by atoms with Crippen LogP contribution in [0.15, 0.2) is 6.07 Å². The smallest absolute Gasteiger partial charge is 0.132 e. The van der Waals surface area contributed by atoms with Crippen LogP contribution in [0.2, 0.25) is 0 Å². The Hall–Kier alpha value is -0.960. The van der Waals surface area contributed by atoms with Crippen molar-refractivity contribution >= 4 is 0 Å². The second kappa shape index (κ2) is 4.37. The van der Waals surface area contributed by atoms with Crippen molar-refractivity contribution in [2.75, 3.05) is 0 Å². The molecule has 3 rings (SSSR count). The Morgan fingerprint density at radius 2 is 1.82 bits per heavy atom. The molecule has 1 heterocycles. The summed E-state index contributed by atoms with van der Waals surface area (Å²) < 4.78 is 0. The van der Waals surface area contributed by atoms with Gasteiger partial charge in [0.05, 0.1) is 0 Å². The van der Waals surface area contributed by atoms with Gasteiger partial charge in [-0.05, 0) is 38.7 Å². The molecule has 0 aromatic carbocycles. The van der Waals surface area contributed by atoms with E-state index in [0.717, 1.165) is 24.4 Å². The summed E-state index contributed by atoms with van der Waals surface area (Å²) in [6, 6.07) is 2.55. The maximum absolute atomic E-state index is 5.85. The van der Waals surface area contributed by atoms with Crippen LogP contribution in [0.25, 0.3) is 0 Å². The van der Waals surface area contributed by atoms with E-state index in [1.165, 1.54) is 31.4 Å². The van der Waals surface area contributed by atoms with Gasteiger partial charge in [0.2, 0.25) is 0 Å². The fraction of sp³-hybridized carbons (Fsp3) is 0.714. The van der Waals surface area contributed by atoms with Crippen LogP contribution >= 0.6 is 0 Å². The first kappa shape index (κ1) is 11.1. The van der Waals surface area contributed by atoms with Gasteiger partial charge < -0.3 is 5.73 Å². The second-order valence-corrected chi connectivity index (χ2v) is 5.70. The molecule has 0 atom stereocenters. The third kappa shape index (κ3) is 2.21. The molecule has 0 amide bonds. The Bertz CT molecular complexity index is 404. The molecule has 0 radical (unpaired) electrons. The highest BCUT2D eigenvalue weighted by molar-refractivity contribution is 5.18. The molecular formula is C14H21N3. The first-order valence-corrected chi connectivity index (χ1v) is 6.83. The van der Waals surface area contributed by atoms with Gasteiger partial charge in [0, 0.05) is 29.3 Å². The van der Waals surface area contributed by atoms with Crippen molar-refractivity contribution in [3.8, 4) is 0 Å². The average Bonchev–Trinajstić information content (AvgIpc) is 2.77. The van der Waals surface area contributed by atoms with Crippen LogP contribution in [0.5, 0.6) is 0 Å². The largest absolute Gasteiger partial charge is 0.328 e. The molecule has 3 nitrogen and oxygen atoms in total.